The van der Waals surface area contributed by atoms with Crippen molar-refractivity contribution in [2.75, 3.05) is 44.3 Å². The van der Waals surface area contributed by atoms with Crippen molar-refractivity contribution in [1.29, 1.82) is 0 Å². The monoisotopic (exact) mass is 482 g/mol. The summed E-state index contributed by atoms with van der Waals surface area (Å²) in [5.41, 5.74) is 3.31. The summed E-state index contributed by atoms with van der Waals surface area (Å²) in [7, 11) is 0. The average molecular weight is 483 g/mol. The molecule has 0 radical (unpaired) electrons. The number of hydrogen-bond donors (Lipinski definition) is 0. The number of benzene rings is 2. The largest absolute Gasteiger partial charge is 0.378 e. The molecule has 2 aromatic carbocycles. The Bertz CT molecular complexity index is 1420. The highest BCUT2D eigenvalue weighted by Gasteiger charge is 2.34. The number of carbonyl (C=O) groups excluding carboxylic acids is 3. The number of Topliss-reactive ketones (excluding diaryl/α,β-unsaturated/α-hetero) is 1. The summed E-state index contributed by atoms with van der Waals surface area (Å²) in [6.07, 6.45) is 1.65. The average Bonchev–Trinajstić information content (AvgIpc) is 3.14. The van der Waals surface area contributed by atoms with Gasteiger partial charge in [-0.05, 0) is 42.5 Å². The first-order valence-electron chi connectivity index (χ1n) is 12.2. The number of ether oxygens (including phenoxy) is 1. The molecule has 0 atom stereocenters. The Hall–Kier alpha value is -3.88. The maximum atomic E-state index is 13.1. The van der Waals surface area contributed by atoms with Gasteiger partial charge in [0, 0.05) is 49.6 Å². The number of hydrogen-bond acceptors (Lipinski definition) is 6. The van der Waals surface area contributed by atoms with Crippen LogP contribution in [0.5, 0.6) is 0 Å². The molecule has 0 N–H and O–H groups in total. The Morgan fingerprint density at radius 2 is 1.78 bits per heavy atom. The summed E-state index contributed by atoms with van der Waals surface area (Å²) in [6, 6.07) is 16.8. The third kappa shape index (κ3) is 3.88. The van der Waals surface area contributed by atoms with E-state index in [0.717, 1.165) is 31.7 Å². The van der Waals surface area contributed by atoms with Crippen LogP contribution in [0, 0.1) is 0 Å². The molecule has 0 bridgehead atoms. The summed E-state index contributed by atoms with van der Waals surface area (Å²) in [6.45, 7) is 6.18. The van der Waals surface area contributed by atoms with Crippen LogP contribution >= 0.6 is 0 Å². The number of amides is 2. The van der Waals surface area contributed by atoms with Crippen molar-refractivity contribution in [2.45, 2.75) is 13.0 Å². The lowest BCUT2D eigenvalue weighted by atomic mass is 10.1. The van der Waals surface area contributed by atoms with Crippen molar-refractivity contribution in [3.05, 3.63) is 77.1 Å². The number of allylic oxidation sites excluding steroid dienone is 1. The van der Waals surface area contributed by atoms with Gasteiger partial charge in [-0.25, -0.2) is 4.98 Å². The van der Waals surface area contributed by atoms with E-state index < -0.39 is 0 Å². The van der Waals surface area contributed by atoms with E-state index in [-0.39, 0.29) is 23.3 Å². The highest BCUT2D eigenvalue weighted by atomic mass is 16.5. The Kier molecular flexibility index (Phi) is 5.62. The quantitative estimate of drug-likeness (QED) is 0.534. The number of rotatable bonds is 3. The first-order chi connectivity index (χ1) is 17.5. The number of fused-ring (bicyclic) bond motifs is 2. The summed E-state index contributed by atoms with van der Waals surface area (Å²) < 4.78 is 5.29. The van der Waals surface area contributed by atoms with E-state index >= 15 is 0 Å². The molecule has 4 heterocycles. The van der Waals surface area contributed by atoms with Gasteiger partial charge >= 0.3 is 0 Å². The Morgan fingerprint density at radius 1 is 1.00 bits per heavy atom. The van der Waals surface area contributed by atoms with Crippen molar-refractivity contribution in [3.63, 3.8) is 0 Å². The number of nitrogens with zero attached hydrogens (tertiary/aromatic N) is 4. The molecule has 8 heteroatoms. The van der Waals surface area contributed by atoms with E-state index in [1.165, 1.54) is 11.8 Å². The van der Waals surface area contributed by atoms with Gasteiger partial charge in [-0.3, -0.25) is 24.2 Å². The van der Waals surface area contributed by atoms with Crippen LogP contribution in [0.1, 0.15) is 33.3 Å². The van der Waals surface area contributed by atoms with Crippen molar-refractivity contribution in [3.8, 4) is 0 Å². The van der Waals surface area contributed by atoms with Gasteiger partial charge in [0.2, 0.25) is 11.7 Å². The van der Waals surface area contributed by atoms with Crippen LogP contribution in [-0.4, -0.2) is 77.8 Å². The van der Waals surface area contributed by atoms with Crippen molar-refractivity contribution in [1.82, 2.24) is 14.8 Å². The molecule has 2 fully saturated rings. The lowest BCUT2D eigenvalue weighted by Gasteiger charge is -2.42. The molecule has 36 heavy (non-hydrogen) atoms. The number of ketones is 1. The van der Waals surface area contributed by atoms with Gasteiger partial charge in [0.25, 0.3) is 5.91 Å². The molecule has 3 aromatic rings. The second-order valence-electron chi connectivity index (χ2n) is 9.39. The number of para-hydroxylation sites is 1. The van der Waals surface area contributed by atoms with Gasteiger partial charge in [-0.2, -0.15) is 0 Å². The molecule has 2 saturated heterocycles. The zero-order chi connectivity index (χ0) is 24.8. The minimum Gasteiger partial charge on any atom is -0.378 e. The minimum atomic E-state index is -0.231. The number of piperazine rings is 1. The molecule has 1 aromatic heterocycles. The number of aromatic nitrogens is 1. The number of anilines is 1. The highest BCUT2D eigenvalue weighted by Crippen LogP contribution is 2.35. The molecule has 0 spiro atoms. The second kappa shape index (κ2) is 8.96. The van der Waals surface area contributed by atoms with E-state index in [0.29, 0.717) is 47.2 Å². The summed E-state index contributed by atoms with van der Waals surface area (Å²) in [4.78, 5) is 48.9. The maximum absolute atomic E-state index is 13.1. The van der Waals surface area contributed by atoms with Gasteiger partial charge in [-0.15, -0.1) is 0 Å². The molecule has 2 amide bonds. The van der Waals surface area contributed by atoms with E-state index in [1.54, 1.807) is 42.5 Å². The first kappa shape index (κ1) is 22.6. The normalized spacial score (nSPS) is 19.6. The zero-order valence-corrected chi connectivity index (χ0v) is 20.0. The minimum absolute atomic E-state index is 0.0269. The molecule has 182 valence electrons. The molecular formula is C28H26N4O4. The summed E-state index contributed by atoms with van der Waals surface area (Å²) in [5, 5.41) is 0.845. The lowest BCUT2D eigenvalue weighted by Crippen LogP contribution is -2.57. The molecule has 3 aliphatic rings. The van der Waals surface area contributed by atoms with Gasteiger partial charge in [-0.1, -0.05) is 18.2 Å². The lowest BCUT2D eigenvalue weighted by molar-refractivity contribution is -0.116. The predicted molar refractivity (Wildman–Crippen MR) is 136 cm³/mol. The molecule has 8 nitrogen and oxygen atoms in total. The maximum Gasteiger partial charge on any atom is 0.253 e. The van der Waals surface area contributed by atoms with Gasteiger partial charge in [0.05, 0.1) is 41.9 Å². The molecule has 3 aliphatic heterocycles. The predicted octanol–water partition coefficient (Wildman–Crippen LogP) is 2.98. The Labute approximate surface area is 208 Å². The highest BCUT2D eigenvalue weighted by molar-refractivity contribution is 6.26. The Morgan fingerprint density at radius 3 is 2.50 bits per heavy atom. The standard InChI is InChI=1S/C28H26N4O4/c1-18(33)32-25-5-3-2-4-23(25)27(34)26(32)15-21-8-6-19-14-20(7-9-24(19)29-21)28(35)31-12-10-30(11-13-31)22-16-36-17-22/h2-9,14-15,22H,10-13,16-17H2,1H3/b26-15+. The third-order valence-corrected chi connectivity index (χ3v) is 7.16. The van der Waals surface area contributed by atoms with Crippen molar-refractivity contribution in [2.24, 2.45) is 0 Å². The van der Waals surface area contributed by atoms with Crippen LogP contribution in [0.3, 0.4) is 0 Å². The van der Waals surface area contributed by atoms with Crippen LogP contribution < -0.4 is 4.90 Å². The Balaban J connectivity index is 1.23. The van der Waals surface area contributed by atoms with E-state index in [2.05, 4.69) is 9.88 Å². The fourth-order valence-corrected chi connectivity index (χ4v) is 5.10. The molecule has 0 aliphatic carbocycles. The molecule has 0 unspecified atom stereocenters. The van der Waals surface area contributed by atoms with Crippen LogP contribution in [-0.2, 0) is 9.53 Å². The first-order valence-corrected chi connectivity index (χ1v) is 12.2. The summed E-state index contributed by atoms with van der Waals surface area (Å²) in [5.74, 6) is -0.405. The van der Waals surface area contributed by atoms with E-state index in [9.17, 15) is 14.4 Å². The van der Waals surface area contributed by atoms with Crippen LogP contribution in [0.25, 0.3) is 17.0 Å². The second-order valence-corrected chi connectivity index (χ2v) is 9.39. The van der Waals surface area contributed by atoms with Crippen LogP contribution in [0.2, 0.25) is 0 Å². The SMILES string of the molecule is CC(=O)N1/C(=C/c2ccc3cc(C(=O)N4CCN(C5COC5)CC4)ccc3n2)C(=O)c2ccccc21. The topological polar surface area (TPSA) is 83.1 Å². The van der Waals surface area contributed by atoms with Gasteiger partial charge in [0.15, 0.2) is 0 Å². The number of carbonyl (C=O) groups is 3. The fourth-order valence-electron chi connectivity index (χ4n) is 5.10. The smallest absolute Gasteiger partial charge is 0.253 e. The van der Waals surface area contributed by atoms with Gasteiger partial charge < -0.3 is 9.64 Å². The van der Waals surface area contributed by atoms with E-state index in [4.69, 9.17) is 4.74 Å². The van der Waals surface area contributed by atoms with Crippen LogP contribution in [0.15, 0.2) is 60.3 Å². The zero-order valence-electron chi connectivity index (χ0n) is 20.0. The van der Waals surface area contributed by atoms with Crippen molar-refractivity contribution < 1.29 is 19.1 Å². The van der Waals surface area contributed by atoms with E-state index in [1.807, 2.05) is 23.1 Å². The molecular weight excluding hydrogens is 456 g/mol. The molecule has 6 rings (SSSR count). The summed E-state index contributed by atoms with van der Waals surface area (Å²) >= 11 is 0. The molecule has 0 saturated carbocycles. The fraction of sp³-hybridized carbons (Fsp3) is 0.286. The van der Waals surface area contributed by atoms with Gasteiger partial charge in [0.1, 0.15) is 0 Å². The van der Waals surface area contributed by atoms with Crippen LogP contribution in [0.4, 0.5) is 5.69 Å². The third-order valence-electron chi connectivity index (χ3n) is 7.16. The van der Waals surface area contributed by atoms with Crippen molar-refractivity contribution >= 4 is 40.3 Å². The number of pyridine rings is 1.